The summed E-state index contributed by atoms with van der Waals surface area (Å²) in [6.45, 7) is 0. The molecule has 45 heavy (non-hydrogen) atoms. The first-order valence-corrected chi connectivity index (χ1v) is 15.0. The summed E-state index contributed by atoms with van der Waals surface area (Å²) in [7, 11) is 0. The summed E-state index contributed by atoms with van der Waals surface area (Å²) < 4.78 is 0. The largest absolute Gasteiger partial charge is 0.366 e. The van der Waals surface area contributed by atoms with Crippen LogP contribution in [0.5, 0.6) is 0 Å². The average molecular weight is 591 g/mol. The van der Waals surface area contributed by atoms with Crippen LogP contribution in [0.25, 0.3) is 11.1 Å². The monoisotopic (exact) mass is 590 g/mol. The van der Waals surface area contributed by atoms with E-state index in [1.165, 1.54) is 22.3 Å². The van der Waals surface area contributed by atoms with Crippen molar-refractivity contribution in [2.24, 2.45) is 22.9 Å². The van der Waals surface area contributed by atoms with E-state index < -0.39 is 28.3 Å². The molecule has 0 saturated heterocycles. The molecule has 0 radical (unpaired) electrons. The molecule has 7 rings (SSSR count). The van der Waals surface area contributed by atoms with Gasteiger partial charge in [-0.3, -0.25) is 9.59 Å². The Morgan fingerprint density at radius 2 is 0.867 bits per heavy atom. The second-order valence-corrected chi connectivity index (χ2v) is 12.2. The van der Waals surface area contributed by atoms with E-state index in [1.807, 2.05) is 12.2 Å². The summed E-state index contributed by atoms with van der Waals surface area (Å²) in [6, 6.07) is 34.2. The van der Waals surface area contributed by atoms with Gasteiger partial charge in [-0.05, 0) is 57.3 Å². The molecule has 4 aromatic carbocycles. The summed E-state index contributed by atoms with van der Waals surface area (Å²) in [4.78, 5) is 23.3. The Bertz CT molecular complexity index is 1840. The van der Waals surface area contributed by atoms with Crippen LogP contribution in [0.3, 0.4) is 0 Å². The maximum Gasteiger partial charge on any atom is 0.248 e. The van der Waals surface area contributed by atoms with Gasteiger partial charge in [-0.15, -0.1) is 0 Å². The summed E-state index contributed by atoms with van der Waals surface area (Å²) in [6.07, 6.45) is 11.7. The molecule has 0 aliphatic heterocycles. The molecule has 0 fully saturated rings. The van der Waals surface area contributed by atoms with Crippen LogP contribution in [-0.2, 0) is 26.1 Å². The highest BCUT2D eigenvalue weighted by Crippen LogP contribution is 2.56. The Morgan fingerprint density at radius 3 is 1.20 bits per heavy atom. The molecule has 8 N–H and O–H groups in total. The van der Waals surface area contributed by atoms with Crippen molar-refractivity contribution in [2.75, 3.05) is 0 Å². The molecule has 0 aromatic heterocycles. The smallest absolute Gasteiger partial charge is 0.248 e. The zero-order valence-electron chi connectivity index (χ0n) is 24.7. The van der Waals surface area contributed by atoms with Crippen molar-refractivity contribution < 1.29 is 9.59 Å². The van der Waals surface area contributed by atoms with E-state index in [0.717, 1.165) is 22.3 Å². The number of benzene rings is 4. The molecule has 6 nitrogen and oxygen atoms in total. The Kier molecular flexibility index (Phi) is 6.58. The van der Waals surface area contributed by atoms with Crippen LogP contribution in [0.15, 0.2) is 145 Å². The predicted molar refractivity (Wildman–Crippen MR) is 178 cm³/mol. The maximum atomic E-state index is 11.7. The van der Waals surface area contributed by atoms with Gasteiger partial charge in [-0.2, -0.15) is 0 Å². The number of amides is 2. The molecule has 0 spiro atoms. The van der Waals surface area contributed by atoms with Crippen molar-refractivity contribution in [2.45, 2.75) is 29.3 Å². The minimum absolute atomic E-state index is 0.456. The van der Waals surface area contributed by atoms with Crippen molar-refractivity contribution in [3.05, 3.63) is 178 Å². The molecule has 6 heteroatoms. The zero-order valence-corrected chi connectivity index (χ0v) is 24.7. The van der Waals surface area contributed by atoms with Crippen LogP contribution in [0.4, 0.5) is 0 Å². The SMILES string of the molecule is NC(=O)C1=CCC(N)(c2ccc(C3(c4ccc(C5(N)C=CC(C(N)=O)=CC5)cc4)c4ccccc4-c4ccccc43)cc2)C=C1. The number of nitrogens with two attached hydrogens (primary N) is 4. The lowest BCUT2D eigenvalue weighted by Crippen LogP contribution is -2.36. The molecule has 2 amide bonds. The van der Waals surface area contributed by atoms with Crippen LogP contribution in [0.2, 0.25) is 0 Å². The lowest BCUT2D eigenvalue weighted by molar-refractivity contribution is -0.115. The van der Waals surface area contributed by atoms with E-state index in [4.69, 9.17) is 22.9 Å². The van der Waals surface area contributed by atoms with Crippen LogP contribution in [0.1, 0.15) is 46.2 Å². The van der Waals surface area contributed by atoms with Gasteiger partial charge in [0.15, 0.2) is 0 Å². The van der Waals surface area contributed by atoms with Crippen molar-refractivity contribution in [1.82, 2.24) is 0 Å². The third-order valence-electron chi connectivity index (χ3n) is 9.67. The van der Waals surface area contributed by atoms with Gasteiger partial charge >= 0.3 is 0 Å². The minimum atomic E-state index is -0.746. The third kappa shape index (κ3) is 4.41. The normalized spacial score (nSPS) is 22.6. The molecule has 4 aromatic rings. The second-order valence-electron chi connectivity index (χ2n) is 12.2. The quantitative estimate of drug-likeness (QED) is 0.219. The fraction of sp³-hybridized carbons (Fsp3) is 0.128. The number of hydrogen-bond donors (Lipinski definition) is 4. The van der Waals surface area contributed by atoms with Crippen molar-refractivity contribution in [3.8, 4) is 11.1 Å². The number of carbonyl (C=O) groups excluding carboxylic acids is 2. The molecule has 0 heterocycles. The number of primary amides is 2. The molecular formula is C39H34N4O2. The van der Waals surface area contributed by atoms with Gasteiger partial charge in [0, 0.05) is 11.1 Å². The predicted octanol–water partition coefficient (Wildman–Crippen LogP) is 5.10. The number of rotatable bonds is 6. The lowest BCUT2D eigenvalue weighted by Gasteiger charge is -2.35. The topological polar surface area (TPSA) is 138 Å². The van der Waals surface area contributed by atoms with Gasteiger partial charge in [0.1, 0.15) is 0 Å². The van der Waals surface area contributed by atoms with Gasteiger partial charge in [0.2, 0.25) is 11.8 Å². The average Bonchev–Trinajstić information content (AvgIpc) is 3.36. The Morgan fingerprint density at radius 1 is 0.511 bits per heavy atom. The zero-order chi connectivity index (χ0) is 31.4. The molecule has 0 saturated carbocycles. The molecule has 2 unspecified atom stereocenters. The fourth-order valence-electron chi connectivity index (χ4n) is 7.19. The van der Waals surface area contributed by atoms with Gasteiger partial charge in [-0.1, -0.05) is 134 Å². The molecular weight excluding hydrogens is 556 g/mol. The second kappa shape index (κ2) is 10.4. The number of hydrogen-bond acceptors (Lipinski definition) is 4. The summed E-state index contributed by atoms with van der Waals surface area (Å²) in [5.41, 5.74) is 32.4. The van der Waals surface area contributed by atoms with E-state index in [9.17, 15) is 9.59 Å². The van der Waals surface area contributed by atoms with Crippen LogP contribution in [0, 0.1) is 0 Å². The van der Waals surface area contributed by atoms with Gasteiger partial charge in [0.05, 0.1) is 16.5 Å². The minimum Gasteiger partial charge on any atom is -0.366 e. The van der Waals surface area contributed by atoms with E-state index in [-0.39, 0.29) is 0 Å². The van der Waals surface area contributed by atoms with Crippen LogP contribution in [-0.4, -0.2) is 11.8 Å². The first kappa shape index (κ1) is 28.5. The van der Waals surface area contributed by atoms with Crippen LogP contribution < -0.4 is 22.9 Å². The summed E-state index contributed by atoms with van der Waals surface area (Å²) in [5, 5.41) is 0. The van der Waals surface area contributed by atoms with Gasteiger partial charge in [-0.25, -0.2) is 0 Å². The third-order valence-corrected chi connectivity index (χ3v) is 9.67. The summed E-state index contributed by atoms with van der Waals surface area (Å²) in [5.74, 6) is -0.913. The van der Waals surface area contributed by atoms with E-state index >= 15 is 0 Å². The fourth-order valence-corrected chi connectivity index (χ4v) is 7.19. The van der Waals surface area contributed by atoms with Gasteiger partial charge < -0.3 is 22.9 Å². The highest BCUT2D eigenvalue weighted by Gasteiger charge is 2.46. The van der Waals surface area contributed by atoms with Gasteiger partial charge in [0.25, 0.3) is 0 Å². The molecule has 3 aliphatic rings. The molecule has 2 atom stereocenters. The lowest BCUT2D eigenvalue weighted by atomic mass is 9.67. The molecule has 3 aliphatic carbocycles. The number of carbonyl (C=O) groups is 2. The first-order valence-electron chi connectivity index (χ1n) is 15.0. The molecule has 222 valence electrons. The highest BCUT2D eigenvalue weighted by atomic mass is 16.1. The van der Waals surface area contributed by atoms with Crippen molar-refractivity contribution in [1.29, 1.82) is 0 Å². The number of fused-ring (bicyclic) bond motifs is 3. The van der Waals surface area contributed by atoms with E-state index in [0.29, 0.717) is 24.0 Å². The highest BCUT2D eigenvalue weighted by molar-refractivity contribution is 5.95. The standard InChI is InChI=1S/C39H34N4O2/c40-35(44)25-17-21-37(42,22-18-25)27-9-13-29(14-10-27)39(33-7-3-1-5-31(33)32-6-2-4-8-34(32)39)30-15-11-28(12-16-30)38(43)23-19-26(20-24-38)36(41)45/h1-21,23H,22,24,42-43H2,(H2,40,44)(H2,41,45). The van der Waals surface area contributed by atoms with Crippen LogP contribution >= 0.6 is 0 Å². The Balaban J connectivity index is 1.35. The Hall–Kier alpha value is -5.30. The first-order chi connectivity index (χ1) is 21.7. The van der Waals surface area contributed by atoms with E-state index in [1.54, 1.807) is 24.3 Å². The summed E-state index contributed by atoms with van der Waals surface area (Å²) >= 11 is 0. The van der Waals surface area contributed by atoms with Crippen molar-refractivity contribution >= 4 is 11.8 Å². The maximum absolute atomic E-state index is 11.7. The van der Waals surface area contributed by atoms with E-state index in [2.05, 4.69) is 97.1 Å². The molecule has 0 bridgehead atoms. The Labute approximate surface area is 262 Å². The van der Waals surface area contributed by atoms with Crippen molar-refractivity contribution in [3.63, 3.8) is 0 Å².